The van der Waals surface area contributed by atoms with Crippen LogP contribution in [0, 0.1) is 0 Å². The molecule has 0 radical (unpaired) electrons. The highest BCUT2D eigenvalue weighted by Gasteiger charge is 2.38. The Bertz CT molecular complexity index is 817. The Morgan fingerprint density at radius 2 is 1.80 bits per heavy atom. The zero-order valence-electron chi connectivity index (χ0n) is 13.9. The molecule has 1 saturated heterocycles. The van der Waals surface area contributed by atoms with Crippen molar-refractivity contribution in [1.82, 2.24) is 4.98 Å². The third kappa shape index (κ3) is 3.80. The van der Waals surface area contributed by atoms with Gasteiger partial charge in [-0.2, -0.15) is 0 Å². The number of carbonyl (C=O) groups excluding carboxylic acids is 2. The fraction of sp³-hybridized carbons (Fsp3) is 0.235. The second-order valence-electron chi connectivity index (χ2n) is 5.65. The second kappa shape index (κ2) is 6.56. The van der Waals surface area contributed by atoms with Gasteiger partial charge in [-0.1, -0.05) is 0 Å². The molecule has 1 aromatic carbocycles. The molecule has 0 aliphatic carbocycles. The number of hydrogen-bond donors (Lipinski definition) is 1. The van der Waals surface area contributed by atoms with E-state index in [1.54, 1.807) is 7.11 Å². The molecular weight excluding hydrogens is 344 g/mol. The van der Waals surface area contributed by atoms with Crippen molar-refractivity contribution >= 4 is 28.4 Å². The lowest BCUT2D eigenvalue weighted by molar-refractivity contribution is -0.222. The van der Waals surface area contributed by atoms with Crippen molar-refractivity contribution in [3.63, 3.8) is 0 Å². The smallest absolute Gasteiger partial charge is 0.350 e. The Morgan fingerprint density at radius 3 is 2.40 bits per heavy atom. The van der Waals surface area contributed by atoms with Crippen molar-refractivity contribution < 1.29 is 23.8 Å². The normalized spacial score (nSPS) is 16.0. The van der Waals surface area contributed by atoms with Gasteiger partial charge in [-0.15, -0.1) is 11.3 Å². The van der Waals surface area contributed by atoms with Crippen LogP contribution in [-0.2, 0) is 19.1 Å². The summed E-state index contributed by atoms with van der Waals surface area (Å²) in [6.07, 6.45) is 1.25. The molecule has 1 aromatic heterocycles. The Labute approximate surface area is 148 Å². The molecule has 0 saturated carbocycles. The van der Waals surface area contributed by atoms with Gasteiger partial charge in [0.15, 0.2) is 10.7 Å². The van der Waals surface area contributed by atoms with Gasteiger partial charge in [0.2, 0.25) is 0 Å². The first-order valence-electron chi connectivity index (χ1n) is 7.41. The van der Waals surface area contributed by atoms with E-state index >= 15 is 0 Å². The molecule has 0 bridgehead atoms. The number of ether oxygens (including phenoxy) is 3. The summed E-state index contributed by atoms with van der Waals surface area (Å²) in [7, 11) is 1.61. The summed E-state index contributed by atoms with van der Waals surface area (Å²) in [5, 5.41) is 5.23. The number of esters is 2. The molecule has 0 amide bonds. The van der Waals surface area contributed by atoms with Crippen molar-refractivity contribution in [3.8, 4) is 17.0 Å². The molecule has 2 aromatic rings. The number of benzene rings is 1. The van der Waals surface area contributed by atoms with Crippen LogP contribution < -0.4 is 10.1 Å². The van der Waals surface area contributed by atoms with Crippen molar-refractivity contribution in [2.45, 2.75) is 19.6 Å². The van der Waals surface area contributed by atoms with Crippen LogP contribution in [0.15, 0.2) is 41.4 Å². The van der Waals surface area contributed by atoms with Crippen molar-refractivity contribution in [1.29, 1.82) is 0 Å². The molecule has 8 heteroatoms. The molecule has 1 aliphatic heterocycles. The van der Waals surface area contributed by atoms with E-state index in [2.05, 4.69) is 10.3 Å². The number of anilines is 1. The molecule has 1 N–H and O–H groups in total. The van der Waals surface area contributed by atoms with Crippen LogP contribution in [0.25, 0.3) is 11.3 Å². The lowest BCUT2D eigenvalue weighted by Crippen LogP contribution is -2.42. The first-order chi connectivity index (χ1) is 11.9. The van der Waals surface area contributed by atoms with Gasteiger partial charge in [-0.25, -0.2) is 14.6 Å². The molecule has 0 spiro atoms. The summed E-state index contributed by atoms with van der Waals surface area (Å²) in [5.41, 5.74) is 1.49. The van der Waals surface area contributed by atoms with Crippen LogP contribution >= 0.6 is 11.3 Å². The average molecular weight is 360 g/mol. The van der Waals surface area contributed by atoms with E-state index in [1.165, 1.54) is 31.4 Å². The summed E-state index contributed by atoms with van der Waals surface area (Å²) in [6, 6.07) is 7.49. The van der Waals surface area contributed by atoms with Crippen molar-refractivity contribution in [2.24, 2.45) is 0 Å². The van der Waals surface area contributed by atoms with Gasteiger partial charge in [0, 0.05) is 31.0 Å². The number of aromatic nitrogens is 1. The minimum absolute atomic E-state index is 0.208. The maximum Gasteiger partial charge on any atom is 0.350 e. The van der Waals surface area contributed by atoms with E-state index in [1.807, 2.05) is 29.6 Å². The maximum atomic E-state index is 11.9. The largest absolute Gasteiger partial charge is 0.497 e. The van der Waals surface area contributed by atoms with Gasteiger partial charge in [0.25, 0.3) is 5.79 Å². The number of rotatable bonds is 4. The zero-order valence-corrected chi connectivity index (χ0v) is 14.7. The van der Waals surface area contributed by atoms with Crippen LogP contribution in [0.5, 0.6) is 5.75 Å². The van der Waals surface area contributed by atoms with Crippen LogP contribution in [0.2, 0.25) is 0 Å². The third-order valence-corrected chi connectivity index (χ3v) is 4.12. The van der Waals surface area contributed by atoms with Gasteiger partial charge >= 0.3 is 11.9 Å². The van der Waals surface area contributed by atoms with Crippen LogP contribution in [0.3, 0.4) is 0 Å². The summed E-state index contributed by atoms with van der Waals surface area (Å²) < 4.78 is 15.2. The minimum atomic E-state index is -1.26. The molecule has 1 fully saturated rings. The lowest BCUT2D eigenvalue weighted by atomic mass is 10.2. The zero-order chi connectivity index (χ0) is 18.0. The first kappa shape index (κ1) is 17.0. The van der Waals surface area contributed by atoms with E-state index in [4.69, 9.17) is 14.2 Å². The summed E-state index contributed by atoms with van der Waals surface area (Å²) in [6.45, 7) is 2.99. The quantitative estimate of drug-likeness (QED) is 0.509. The van der Waals surface area contributed by atoms with Gasteiger partial charge in [0.05, 0.1) is 12.8 Å². The molecule has 0 atom stereocenters. The molecule has 3 rings (SSSR count). The second-order valence-corrected chi connectivity index (χ2v) is 6.51. The average Bonchev–Trinajstić information content (AvgIpc) is 3.02. The fourth-order valence-corrected chi connectivity index (χ4v) is 2.84. The van der Waals surface area contributed by atoms with Crippen LogP contribution in [0.1, 0.15) is 13.8 Å². The fourth-order valence-electron chi connectivity index (χ4n) is 2.15. The highest BCUT2D eigenvalue weighted by molar-refractivity contribution is 7.14. The number of cyclic esters (lactones) is 2. The van der Waals surface area contributed by atoms with Gasteiger partial charge in [-0.3, -0.25) is 0 Å². The number of hydrogen-bond acceptors (Lipinski definition) is 8. The van der Waals surface area contributed by atoms with Gasteiger partial charge in [0.1, 0.15) is 5.75 Å². The molecule has 130 valence electrons. The third-order valence-electron chi connectivity index (χ3n) is 3.35. The van der Waals surface area contributed by atoms with Crippen LogP contribution in [0.4, 0.5) is 5.13 Å². The Hall–Kier alpha value is -2.87. The SMILES string of the molecule is COc1ccc(-c2csc(NC=C3C(=O)OC(C)(C)OC3=O)n2)cc1. The highest BCUT2D eigenvalue weighted by Crippen LogP contribution is 2.27. The minimum Gasteiger partial charge on any atom is -0.497 e. The van der Waals surface area contributed by atoms with E-state index in [0.29, 0.717) is 5.13 Å². The molecule has 1 aliphatic rings. The lowest BCUT2D eigenvalue weighted by Gasteiger charge is -2.29. The number of methoxy groups -OCH3 is 1. The maximum absolute atomic E-state index is 11.9. The predicted octanol–water partition coefficient (Wildman–Crippen LogP) is 2.95. The number of nitrogens with one attached hydrogen (secondary N) is 1. The van der Waals surface area contributed by atoms with E-state index in [-0.39, 0.29) is 5.57 Å². The summed E-state index contributed by atoms with van der Waals surface area (Å²) >= 11 is 1.34. The predicted molar refractivity (Wildman–Crippen MR) is 92.1 cm³/mol. The monoisotopic (exact) mass is 360 g/mol. The van der Waals surface area contributed by atoms with E-state index in [0.717, 1.165) is 17.0 Å². The standard InChI is InChI=1S/C17H16N2O5S/c1-17(2)23-14(20)12(15(21)24-17)8-18-16-19-13(9-25-16)10-4-6-11(22-3)7-5-10/h4-9H,1-3H3,(H,18,19). The molecule has 7 nitrogen and oxygen atoms in total. The Kier molecular flexibility index (Phi) is 4.45. The van der Waals surface area contributed by atoms with E-state index in [9.17, 15) is 9.59 Å². The summed E-state index contributed by atoms with van der Waals surface area (Å²) in [4.78, 5) is 28.2. The first-order valence-corrected chi connectivity index (χ1v) is 8.29. The number of nitrogens with zero attached hydrogens (tertiary/aromatic N) is 1. The topological polar surface area (TPSA) is 86.8 Å². The summed E-state index contributed by atoms with van der Waals surface area (Å²) in [5.74, 6) is -1.96. The highest BCUT2D eigenvalue weighted by atomic mass is 32.1. The van der Waals surface area contributed by atoms with Gasteiger partial charge < -0.3 is 19.5 Å². The van der Waals surface area contributed by atoms with E-state index < -0.39 is 17.7 Å². The number of thiazole rings is 1. The Morgan fingerprint density at radius 1 is 1.16 bits per heavy atom. The van der Waals surface area contributed by atoms with Crippen LogP contribution in [-0.4, -0.2) is 29.8 Å². The molecule has 25 heavy (non-hydrogen) atoms. The molecule has 2 heterocycles. The van der Waals surface area contributed by atoms with Crippen molar-refractivity contribution in [3.05, 3.63) is 41.4 Å². The Balaban J connectivity index is 1.73. The molecular formula is C17H16N2O5S. The van der Waals surface area contributed by atoms with Crippen molar-refractivity contribution in [2.75, 3.05) is 12.4 Å². The van der Waals surface area contributed by atoms with Gasteiger partial charge in [-0.05, 0) is 24.3 Å². The molecule has 0 unspecified atom stereocenters. The number of carbonyl (C=O) groups is 2.